The van der Waals surface area contributed by atoms with Crippen molar-refractivity contribution in [2.24, 2.45) is 0 Å². The molecule has 9 nitrogen and oxygen atoms in total. The van der Waals surface area contributed by atoms with Crippen LogP contribution in [0.2, 0.25) is 0 Å². The number of benzene rings is 3. The van der Waals surface area contributed by atoms with Gasteiger partial charge in [-0.1, -0.05) is 78.9 Å². The molecular formula is C31H34N2O7. The molecule has 210 valence electrons. The average Bonchev–Trinajstić information content (AvgIpc) is 3.27. The Labute approximate surface area is 233 Å². The van der Waals surface area contributed by atoms with Crippen molar-refractivity contribution in [2.45, 2.75) is 44.1 Å². The minimum atomic E-state index is -1.61. The lowest BCUT2D eigenvalue weighted by atomic mass is 9.98. The maximum absolute atomic E-state index is 13.3. The Morgan fingerprint density at radius 3 is 2.08 bits per heavy atom. The van der Waals surface area contributed by atoms with Crippen LogP contribution in [0.5, 0.6) is 0 Å². The van der Waals surface area contributed by atoms with Gasteiger partial charge >= 0.3 is 12.1 Å². The van der Waals surface area contributed by atoms with Gasteiger partial charge in [0.2, 0.25) is 5.91 Å². The summed E-state index contributed by atoms with van der Waals surface area (Å²) in [5.74, 6) is -2.17. The number of aliphatic carboxylic acids is 1. The molecule has 3 aromatic rings. The molecule has 9 heteroatoms. The van der Waals surface area contributed by atoms with Crippen molar-refractivity contribution in [1.29, 1.82) is 0 Å². The number of rotatable bonds is 12. The Hall–Kier alpha value is -4.21. The number of alkyl carbamates (subject to hydrolysis) is 1. The standard InChI is InChI=1S/C31H34N2O7/c1-20(39-17-21-11-5-4-6-12-21)27(28(34)35)32-29(36)31(2,19-38-3)33-30(37)40-18-26-24-15-9-7-13-22(24)23-14-8-10-16-25(23)26/h4-16,20,26-27H,17-19H2,1-3H3,(H,32,36)(H,33,37)(H,34,35)/t20-,27+,31?/m0/s1. The van der Waals surface area contributed by atoms with Crippen molar-refractivity contribution < 1.29 is 33.7 Å². The maximum Gasteiger partial charge on any atom is 0.408 e. The lowest BCUT2D eigenvalue weighted by Gasteiger charge is -2.31. The van der Waals surface area contributed by atoms with Crippen LogP contribution in [0.1, 0.15) is 36.5 Å². The highest BCUT2D eigenvalue weighted by Crippen LogP contribution is 2.44. The van der Waals surface area contributed by atoms with Crippen molar-refractivity contribution in [3.63, 3.8) is 0 Å². The molecule has 1 aliphatic rings. The number of carboxylic acids is 1. The fourth-order valence-corrected chi connectivity index (χ4v) is 4.89. The van der Waals surface area contributed by atoms with E-state index in [0.717, 1.165) is 27.8 Å². The molecule has 3 N–H and O–H groups in total. The zero-order valence-electron chi connectivity index (χ0n) is 22.8. The van der Waals surface area contributed by atoms with Crippen molar-refractivity contribution in [2.75, 3.05) is 20.3 Å². The molecule has 0 saturated heterocycles. The van der Waals surface area contributed by atoms with E-state index in [9.17, 15) is 19.5 Å². The number of hydrogen-bond acceptors (Lipinski definition) is 6. The van der Waals surface area contributed by atoms with Gasteiger partial charge in [0, 0.05) is 13.0 Å². The Morgan fingerprint density at radius 2 is 1.50 bits per heavy atom. The Morgan fingerprint density at radius 1 is 0.925 bits per heavy atom. The van der Waals surface area contributed by atoms with Crippen LogP contribution in [0, 0.1) is 0 Å². The normalized spacial score (nSPS) is 15.2. The highest BCUT2D eigenvalue weighted by Gasteiger charge is 2.40. The number of carbonyl (C=O) groups excluding carboxylic acids is 2. The van der Waals surface area contributed by atoms with E-state index in [4.69, 9.17) is 14.2 Å². The van der Waals surface area contributed by atoms with Crippen LogP contribution < -0.4 is 10.6 Å². The van der Waals surface area contributed by atoms with Gasteiger partial charge in [0.1, 0.15) is 12.1 Å². The van der Waals surface area contributed by atoms with E-state index in [0.29, 0.717) is 0 Å². The molecule has 1 unspecified atom stereocenters. The zero-order valence-corrected chi connectivity index (χ0v) is 22.8. The lowest BCUT2D eigenvalue weighted by Crippen LogP contribution is -2.63. The molecule has 0 bridgehead atoms. The van der Waals surface area contributed by atoms with Crippen LogP contribution in [0.15, 0.2) is 78.9 Å². The molecule has 40 heavy (non-hydrogen) atoms. The Balaban J connectivity index is 1.40. The van der Waals surface area contributed by atoms with E-state index in [1.165, 1.54) is 14.0 Å². The van der Waals surface area contributed by atoms with Crippen molar-refractivity contribution in [1.82, 2.24) is 10.6 Å². The second kappa shape index (κ2) is 12.8. The Bertz CT molecular complexity index is 1300. The molecule has 2 amide bonds. The van der Waals surface area contributed by atoms with Gasteiger partial charge in [0.25, 0.3) is 0 Å². The fraction of sp³-hybridized carbons (Fsp3) is 0.323. The smallest absolute Gasteiger partial charge is 0.408 e. The van der Waals surface area contributed by atoms with Crippen LogP contribution in [-0.2, 0) is 30.4 Å². The van der Waals surface area contributed by atoms with Crippen LogP contribution in [0.3, 0.4) is 0 Å². The van der Waals surface area contributed by atoms with Gasteiger partial charge < -0.3 is 30.0 Å². The highest BCUT2D eigenvalue weighted by atomic mass is 16.5. The third-order valence-corrected chi connectivity index (χ3v) is 7.03. The number of carboxylic acid groups (broad SMARTS) is 1. The average molecular weight is 547 g/mol. The molecule has 0 aliphatic heterocycles. The van der Waals surface area contributed by atoms with Gasteiger partial charge in [-0.05, 0) is 41.7 Å². The predicted molar refractivity (Wildman–Crippen MR) is 149 cm³/mol. The molecule has 4 rings (SSSR count). The van der Waals surface area contributed by atoms with Gasteiger partial charge in [-0.3, -0.25) is 4.79 Å². The summed E-state index contributed by atoms with van der Waals surface area (Å²) >= 11 is 0. The van der Waals surface area contributed by atoms with Gasteiger partial charge in [-0.25, -0.2) is 9.59 Å². The summed E-state index contributed by atoms with van der Waals surface area (Å²) in [6.45, 7) is 3.03. The SMILES string of the molecule is COCC(C)(NC(=O)OCC1c2ccccc2-c2ccccc21)C(=O)N[C@@H](C(=O)O)[C@H](C)OCc1ccccc1. The van der Waals surface area contributed by atoms with Crippen LogP contribution >= 0.6 is 0 Å². The summed E-state index contributed by atoms with van der Waals surface area (Å²) < 4.78 is 16.5. The number of hydrogen-bond donors (Lipinski definition) is 3. The molecule has 3 aromatic carbocycles. The molecule has 3 atom stereocenters. The fourth-order valence-electron chi connectivity index (χ4n) is 4.89. The first-order valence-electron chi connectivity index (χ1n) is 13.0. The molecule has 0 heterocycles. The molecular weight excluding hydrogens is 512 g/mol. The number of ether oxygens (including phenoxy) is 3. The highest BCUT2D eigenvalue weighted by molar-refractivity contribution is 5.92. The lowest BCUT2D eigenvalue weighted by molar-refractivity contribution is -0.148. The van der Waals surface area contributed by atoms with Crippen LogP contribution in [-0.4, -0.2) is 61.1 Å². The first-order valence-corrected chi connectivity index (χ1v) is 13.0. The van der Waals surface area contributed by atoms with Gasteiger partial charge in [0.15, 0.2) is 6.04 Å². The van der Waals surface area contributed by atoms with Crippen LogP contribution in [0.25, 0.3) is 11.1 Å². The van der Waals surface area contributed by atoms with E-state index >= 15 is 0 Å². The van der Waals surface area contributed by atoms with Gasteiger partial charge in [0.05, 0.1) is 19.3 Å². The van der Waals surface area contributed by atoms with E-state index < -0.39 is 35.7 Å². The molecule has 0 fully saturated rings. The summed E-state index contributed by atoms with van der Waals surface area (Å²) in [7, 11) is 1.38. The quantitative estimate of drug-likeness (QED) is 0.313. The van der Waals surface area contributed by atoms with Crippen molar-refractivity contribution >= 4 is 18.0 Å². The Kier molecular flexibility index (Phi) is 9.19. The zero-order chi connectivity index (χ0) is 28.7. The first kappa shape index (κ1) is 28.8. The topological polar surface area (TPSA) is 123 Å². The monoisotopic (exact) mass is 546 g/mol. The largest absolute Gasteiger partial charge is 0.480 e. The predicted octanol–water partition coefficient (Wildman–Crippen LogP) is 4.10. The third-order valence-electron chi connectivity index (χ3n) is 7.03. The number of nitrogens with one attached hydrogen (secondary N) is 2. The first-order chi connectivity index (χ1) is 19.2. The van der Waals surface area contributed by atoms with E-state index in [-0.39, 0.29) is 25.7 Å². The molecule has 0 spiro atoms. The van der Waals surface area contributed by atoms with Crippen LogP contribution in [0.4, 0.5) is 4.79 Å². The van der Waals surface area contributed by atoms with E-state index in [1.54, 1.807) is 6.92 Å². The molecule has 0 saturated carbocycles. The minimum absolute atomic E-state index is 0.0622. The van der Waals surface area contributed by atoms with Gasteiger partial charge in [-0.15, -0.1) is 0 Å². The number of amides is 2. The second-order valence-corrected chi connectivity index (χ2v) is 10.0. The van der Waals surface area contributed by atoms with Crippen molar-refractivity contribution in [3.8, 4) is 11.1 Å². The number of methoxy groups -OCH3 is 1. The summed E-state index contributed by atoms with van der Waals surface area (Å²) in [6.07, 6.45) is -1.68. The van der Waals surface area contributed by atoms with Crippen molar-refractivity contribution in [3.05, 3.63) is 95.6 Å². The summed E-state index contributed by atoms with van der Waals surface area (Å²) in [5, 5.41) is 14.9. The van der Waals surface area contributed by atoms with Gasteiger partial charge in [-0.2, -0.15) is 0 Å². The van der Waals surface area contributed by atoms with E-state index in [2.05, 4.69) is 10.6 Å². The second-order valence-electron chi connectivity index (χ2n) is 10.0. The maximum atomic E-state index is 13.3. The molecule has 0 radical (unpaired) electrons. The van der Waals surface area contributed by atoms with E-state index in [1.807, 2.05) is 78.9 Å². The summed E-state index contributed by atoms with van der Waals surface area (Å²) in [5.41, 5.74) is 3.57. The molecule has 1 aliphatic carbocycles. The number of fused-ring (bicyclic) bond motifs is 3. The number of carbonyl (C=O) groups is 3. The summed E-state index contributed by atoms with van der Waals surface area (Å²) in [4.78, 5) is 38.2. The minimum Gasteiger partial charge on any atom is -0.480 e. The third kappa shape index (κ3) is 6.50. The molecule has 0 aromatic heterocycles. The summed E-state index contributed by atoms with van der Waals surface area (Å²) in [6, 6.07) is 23.9.